The van der Waals surface area contributed by atoms with Crippen molar-refractivity contribution in [2.75, 3.05) is 0 Å². The van der Waals surface area contributed by atoms with Crippen LogP contribution >= 0.6 is 0 Å². The maximum atomic E-state index is 10.4. The van der Waals surface area contributed by atoms with Crippen molar-refractivity contribution in [3.8, 4) is 0 Å². The highest BCUT2D eigenvalue weighted by molar-refractivity contribution is 5.64. The van der Waals surface area contributed by atoms with Gasteiger partial charge in [0.05, 0.1) is 0 Å². The molecule has 1 aliphatic carbocycles. The van der Waals surface area contributed by atoms with Crippen molar-refractivity contribution in [2.24, 2.45) is 0 Å². The summed E-state index contributed by atoms with van der Waals surface area (Å²) < 4.78 is 0. The predicted molar refractivity (Wildman–Crippen MR) is 95.8 cm³/mol. The van der Waals surface area contributed by atoms with Crippen molar-refractivity contribution in [1.29, 1.82) is 0 Å². The van der Waals surface area contributed by atoms with E-state index in [1.165, 1.54) is 16.7 Å². The van der Waals surface area contributed by atoms with E-state index in [1.54, 1.807) is 0 Å². The summed E-state index contributed by atoms with van der Waals surface area (Å²) in [7, 11) is 0. The van der Waals surface area contributed by atoms with Crippen LogP contribution in [-0.4, -0.2) is 5.11 Å². The van der Waals surface area contributed by atoms with Gasteiger partial charge in [-0.1, -0.05) is 72.7 Å². The van der Waals surface area contributed by atoms with Crippen molar-refractivity contribution < 1.29 is 5.11 Å². The second-order valence-corrected chi connectivity index (χ2v) is 5.67. The van der Waals surface area contributed by atoms with Crippen LogP contribution < -0.4 is 0 Å². The van der Waals surface area contributed by atoms with Gasteiger partial charge in [0.25, 0.3) is 0 Å². The summed E-state index contributed by atoms with van der Waals surface area (Å²) in [6, 6.07) is 7.94. The SMILES string of the molecule is CC/C=C(\C=C(/O)c1ccc(C)cc1)C1=CC=C(C)C=CC1. The van der Waals surface area contributed by atoms with Crippen molar-refractivity contribution in [1.82, 2.24) is 0 Å². The van der Waals surface area contributed by atoms with Gasteiger partial charge in [-0.25, -0.2) is 0 Å². The average molecular weight is 292 g/mol. The first-order valence-electron chi connectivity index (χ1n) is 7.82. The van der Waals surface area contributed by atoms with Crippen LogP contribution in [-0.2, 0) is 0 Å². The molecular formula is C21H24O. The van der Waals surface area contributed by atoms with Gasteiger partial charge in [0.15, 0.2) is 0 Å². The standard InChI is InChI=1S/C21H24O/c1-4-6-20(18-8-5-7-16(2)9-12-18)15-21(22)19-13-10-17(3)11-14-19/h5-7,9-15,22H,4,8H2,1-3H3/b20-6+,21-15-. The number of aliphatic hydroxyl groups is 1. The third kappa shape index (κ3) is 4.36. The Labute approximate surface area is 133 Å². The minimum Gasteiger partial charge on any atom is -0.507 e. The molecule has 1 N–H and O–H groups in total. The molecule has 22 heavy (non-hydrogen) atoms. The lowest BCUT2D eigenvalue weighted by Gasteiger charge is -2.08. The van der Waals surface area contributed by atoms with Crippen LogP contribution in [0.4, 0.5) is 0 Å². The average Bonchev–Trinajstić information content (AvgIpc) is 2.72. The largest absolute Gasteiger partial charge is 0.507 e. The van der Waals surface area contributed by atoms with E-state index in [0.717, 1.165) is 24.0 Å². The molecule has 1 aliphatic rings. The summed E-state index contributed by atoms with van der Waals surface area (Å²) in [5.41, 5.74) is 5.62. The zero-order valence-electron chi connectivity index (χ0n) is 13.6. The third-order valence-corrected chi connectivity index (χ3v) is 3.70. The fourth-order valence-corrected chi connectivity index (χ4v) is 2.40. The maximum Gasteiger partial charge on any atom is 0.123 e. The Hall–Kier alpha value is -2.28. The van der Waals surface area contributed by atoms with Crippen molar-refractivity contribution in [2.45, 2.75) is 33.6 Å². The van der Waals surface area contributed by atoms with E-state index >= 15 is 0 Å². The van der Waals surface area contributed by atoms with Crippen LogP contribution in [0.1, 0.15) is 37.8 Å². The molecule has 0 saturated heterocycles. The van der Waals surface area contributed by atoms with Crippen LogP contribution in [0.25, 0.3) is 5.76 Å². The molecule has 1 nitrogen and oxygen atoms in total. The minimum absolute atomic E-state index is 0.314. The normalized spacial score (nSPS) is 16.1. The van der Waals surface area contributed by atoms with Gasteiger partial charge in [0.2, 0.25) is 0 Å². The smallest absolute Gasteiger partial charge is 0.123 e. The number of allylic oxidation sites excluding steroid dienone is 9. The topological polar surface area (TPSA) is 20.2 Å². The van der Waals surface area contributed by atoms with E-state index in [4.69, 9.17) is 0 Å². The Morgan fingerprint density at radius 2 is 1.86 bits per heavy atom. The maximum absolute atomic E-state index is 10.4. The van der Waals surface area contributed by atoms with E-state index in [9.17, 15) is 5.11 Å². The lowest BCUT2D eigenvalue weighted by molar-refractivity contribution is 0.511. The fraction of sp³-hybridized carbons (Fsp3) is 0.238. The van der Waals surface area contributed by atoms with Gasteiger partial charge in [-0.15, -0.1) is 0 Å². The quantitative estimate of drug-likeness (QED) is 0.528. The Morgan fingerprint density at radius 1 is 1.14 bits per heavy atom. The zero-order chi connectivity index (χ0) is 15.9. The molecule has 0 amide bonds. The molecule has 0 unspecified atom stereocenters. The fourth-order valence-electron chi connectivity index (χ4n) is 2.40. The van der Waals surface area contributed by atoms with Crippen LogP contribution in [0.5, 0.6) is 0 Å². The van der Waals surface area contributed by atoms with Gasteiger partial charge in [-0.2, -0.15) is 0 Å². The molecular weight excluding hydrogens is 268 g/mol. The number of hydrogen-bond donors (Lipinski definition) is 1. The number of rotatable bonds is 4. The molecule has 0 bridgehead atoms. The molecule has 0 saturated carbocycles. The Bertz CT molecular complexity index is 664. The second-order valence-electron chi connectivity index (χ2n) is 5.67. The molecule has 0 atom stereocenters. The first-order valence-corrected chi connectivity index (χ1v) is 7.82. The minimum atomic E-state index is 0.314. The molecule has 1 heteroatoms. The molecule has 1 aromatic carbocycles. The van der Waals surface area contributed by atoms with Gasteiger partial charge >= 0.3 is 0 Å². The van der Waals surface area contributed by atoms with E-state index < -0.39 is 0 Å². The first-order chi connectivity index (χ1) is 10.6. The number of benzene rings is 1. The molecule has 2 rings (SSSR count). The van der Waals surface area contributed by atoms with Gasteiger partial charge < -0.3 is 5.11 Å². The van der Waals surface area contributed by atoms with Gasteiger partial charge in [-0.05, 0) is 43.9 Å². The van der Waals surface area contributed by atoms with E-state index in [2.05, 4.69) is 44.2 Å². The summed E-state index contributed by atoms with van der Waals surface area (Å²) in [4.78, 5) is 0. The summed E-state index contributed by atoms with van der Waals surface area (Å²) in [6.07, 6.45) is 14.4. The summed E-state index contributed by atoms with van der Waals surface area (Å²) in [5.74, 6) is 0.314. The highest BCUT2D eigenvalue weighted by atomic mass is 16.3. The summed E-state index contributed by atoms with van der Waals surface area (Å²) >= 11 is 0. The molecule has 0 aromatic heterocycles. The van der Waals surface area contributed by atoms with Crippen molar-refractivity contribution >= 4 is 5.76 Å². The van der Waals surface area contributed by atoms with Crippen LogP contribution in [0.3, 0.4) is 0 Å². The van der Waals surface area contributed by atoms with Gasteiger partial charge in [-0.3, -0.25) is 0 Å². The summed E-state index contributed by atoms with van der Waals surface area (Å²) in [5, 5.41) is 10.4. The molecule has 0 heterocycles. The lowest BCUT2D eigenvalue weighted by atomic mass is 9.99. The van der Waals surface area contributed by atoms with Gasteiger partial charge in [0, 0.05) is 5.56 Å². The van der Waals surface area contributed by atoms with Crippen molar-refractivity contribution in [3.05, 3.63) is 88.6 Å². The highest BCUT2D eigenvalue weighted by Gasteiger charge is 2.06. The molecule has 1 aromatic rings. The van der Waals surface area contributed by atoms with E-state index in [1.807, 2.05) is 37.3 Å². The Morgan fingerprint density at radius 3 is 2.55 bits per heavy atom. The predicted octanol–water partition coefficient (Wildman–Crippen LogP) is 6.06. The van der Waals surface area contributed by atoms with Crippen LogP contribution in [0.2, 0.25) is 0 Å². The van der Waals surface area contributed by atoms with Gasteiger partial charge in [0.1, 0.15) is 5.76 Å². The monoisotopic (exact) mass is 292 g/mol. The number of hydrogen-bond acceptors (Lipinski definition) is 1. The Kier molecular flexibility index (Phi) is 5.60. The molecule has 0 radical (unpaired) electrons. The van der Waals surface area contributed by atoms with E-state index in [-0.39, 0.29) is 0 Å². The lowest BCUT2D eigenvalue weighted by Crippen LogP contribution is -1.90. The summed E-state index contributed by atoms with van der Waals surface area (Å²) in [6.45, 7) is 6.26. The third-order valence-electron chi connectivity index (χ3n) is 3.70. The number of aliphatic hydroxyl groups excluding tert-OH is 1. The van der Waals surface area contributed by atoms with E-state index in [0.29, 0.717) is 5.76 Å². The zero-order valence-corrected chi connectivity index (χ0v) is 13.6. The molecule has 0 aliphatic heterocycles. The second kappa shape index (κ2) is 7.65. The van der Waals surface area contributed by atoms with Crippen LogP contribution in [0.15, 0.2) is 77.4 Å². The Balaban J connectivity index is 2.33. The highest BCUT2D eigenvalue weighted by Crippen LogP contribution is 2.24. The van der Waals surface area contributed by atoms with Crippen molar-refractivity contribution in [3.63, 3.8) is 0 Å². The first kappa shape index (κ1) is 16.1. The number of aryl methyl sites for hydroxylation is 1. The molecule has 0 spiro atoms. The molecule has 0 fully saturated rings. The molecule has 114 valence electrons. The van der Waals surface area contributed by atoms with Crippen LogP contribution in [0, 0.1) is 6.92 Å².